The van der Waals surface area contributed by atoms with Crippen molar-refractivity contribution in [2.45, 2.75) is 25.9 Å². The van der Waals surface area contributed by atoms with Crippen LogP contribution in [0.2, 0.25) is 0 Å². The standard InChI is InChI=1S/C24H24N4O4S/c1-15-21(23(30)32-3)22(16-7-9-19(31-2)10-8-16)28-18(14-33-24(28)27-15)12-20(29)26-13-17-6-4-5-11-25-17/h4-11,14,22H,12-13H2,1-3H3,(H,26,29). The van der Waals surface area contributed by atoms with Gasteiger partial charge >= 0.3 is 5.97 Å². The number of thioether (sulfide) groups is 1. The molecule has 1 atom stereocenters. The van der Waals surface area contributed by atoms with Gasteiger partial charge in [-0.1, -0.05) is 30.0 Å². The van der Waals surface area contributed by atoms with Crippen molar-refractivity contribution in [3.8, 4) is 5.75 Å². The van der Waals surface area contributed by atoms with E-state index in [9.17, 15) is 9.59 Å². The van der Waals surface area contributed by atoms with Crippen LogP contribution in [0.3, 0.4) is 0 Å². The molecule has 0 saturated heterocycles. The molecule has 2 aromatic rings. The largest absolute Gasteiger partial charge is 0.497 e. The highest BCUT2D eigenvalue weighted by Gasteiger charge is 2.40. The number of nitrogens with one attached hydrogen (secondary N) is 1. The van der Waals surface area contributed by atoms with Crippen LogP contribution < -0.4 is 10.1 Å². The number of pyridine rings is 1. The van der Waals surface area contributed by atoms with Gasteiger partial charge in [-0.15, -0.1) is 0 Å². The van der Waals surface area contributed by atoms with Gasteiger partial charge in [0.1, 0.15) is 5.75 Å². The van der Waals surface area contributed by atoms with E-state index >= 15 is 0 Å². The van der Waals surface area contributed by atoms with Gasteiger partial charge in [0, 0.05) is 11.9 Å². The van der Waals surface area contributed by atoms with Gasteiger partial charge in [-0.2, -0.15) is 0 Å². The molecule has 1 N–H and O–H groups in total. The number of amides is 1. The van der Waals surface area contributed by atoms with Crippen molar-refractivity contribution >= 4 is 28.8 Å². The molecule has 0 radical (unpaired) electrons. The monoisotopic (exact) mass is 464 g/mol. The van der Waals surface area contributed by atoms with Gasteiger partial charge in [0.15, 0.2) is 5.17 Å². The van der Waals surface area contributed by atoms with E-state index in [4.69, 9.17) is 9.47 Å². The van der Waals surface area contributed by atoms with E-state index in [2.05, 4.69) is 15.3 Å². The van der Waals surface area contributed by atoms with Gasteiger partial charge in [0.05, 0.1) is 50.2 Å². The Bertz CT molecular complexity index is 1140. The lowest BCUT2D eigenvalue weighted by Crippen LogP contribution is -2.37. The number of ether oxygens (including phenoxy) is 2. The second-order valence-electron chi connectivity index (χ2n) is 7.43. The maximum atomic E-state index is 12.7. The molecule has 8 nitrogen and oxygen atoms in total. The van der Waals surface area contributed by atoms with Gasteiger partial charge in [0.25, 0.3) is 0 Å². The van der Waals surface area contributed by atoms with Crippen molar-refractivity contribution < 1.29 is 19.1 Å². The summed E-state index contributed by atoms with van der Waals surface area (Å²) in [7, 11) is 2.96. The molecule has 0 bridgehead atoms. The van der Waals surface area contributed by atoms with E-state index in [-0.39, 0.29) is 12.3 Å². The number of hydrogen-bond donors (Lipinski definition) is 1. The molecule has 170 valence electrons. The number of esters is 1. The lowest BCUT2D eigenvalue weighted by atomic mass is 9.94. The summed E-state index contributed by atoms with van der Waals surface area (Å²) >= 11 is 1.43. The Morgan fingerprint density at radius 2 is 1.94 bits per heavy atom. The smallest absolute Gasteiger partial charge is 0.338 e. The number of aliphatic imine (C=N–C) groups is 1. The molecular formula is C24H24N4O4S. The van der Waals surface area contributed by atoms with Gasteiger partial charge in [0.2, 0.25) is 5.91 Å². The van der Waals surface area contributed by atoms with Crippen molar-refractivity contribution in [1.29, 1.82) is 0 Å². The zero-order valence-electron chi connectivity index (χ0n) is 18.6. The first-order chi connectivity index (χ1) is 16.0. The van der Waals surface area contributed by atoms with Crippen LogP contribution in [0.5, 0.6) is 5.75 Å². The average Bonchev–Trinajstić information content (AvgIpc) is 3.23. The third kappa shape index (κ3) is 4.78. The minimum Gasteiger partial charge on any atom is -0.497 e. The number of nitrogens with zero attached hydrogens (tertiary/aromatic N) is 3. The van der Waals surface area contributed by atoms with Crippen molar-refractivity contribution in [1.82, 2.24) is 15.2 Å². The third-order valence-electron chi connectivity index (χ3n) is 5.37. The molecule has 1 aromatic carbocycles. The number of carbonyl (C=O) groups is 2. The van der Waals surface area contributed by atoms with E-state index in [1.165, 1.54) is 18.9 Å². The number of carbonyl (C=O) groups excluding carboxylic acids is 2. The van der Waals surface area contributed by atoms with Crippen molar-refractivity contribution in [2.24, 2.45) is 4.99 Å². The topological polar surface area (TPSA) is 93.1 Å². The number of allylic oxidation sites excluding steroid dienone is 1. The fourth-order valence-corrected chi connectivity index (χ4v) is 4.73. The van der Waals surface area contributed by atoms with E-state index in [0.717, 1.165) is 17.0 Å². The number of hydrogen-bond acceptors (Lipinski definition) is 8. The molecule has 9 heteroatoms. The summed E-state index contributed by atoms with van der Waals surface area (Å²) < 4.78 is 10.4. The van der Waals surface area contributed by atoms with E-state index in [0.29, 0.717) is 28.7 Å². The molecular weight excluding hydrogens is 440 g/mol. The molecule has 1 aromatic heterocycles. The predicted molar refractivity (Wildman–Crippen MR) is 126 cm³/mol. The first-order valence-electron chi connectivity index (χ1n) is 10.3. The van der Waals surface area contributed by atoms with Crippen LogP contribution in [-0.2, 0) is 20.9 Å². The highest BCUT2D eigenvalue weighted by molar-refractivity contribution is 8.16. The van der Waals surface area contributed by atoms with Gasteiger partial charge in [-0.3, -0.25) is 9.78 Å². The highest BCUT2D eigenvalue weighted by atomic mass is 32.2. The molecule has 2 aliphatic rings. The third-order valence-corrected chi connectivity index (χ3v) is 6.26. The molecule has 3 heterocycles. The molecule has 0 fully saturated rings. The summed E-state index contributed by atoms with van der Waals surface area (Å²) in [6, 6.07) is 12.6. The molecule has 2 aliphatic heterocycles. The predicted octanol–water partition coefficient (Wildman–Crippen LogP) is 3.54. The van der Waals surface area contributed by atoms with Crippen LogP contribution in [0.4, 0.5) is 0 Å². The number of aromatic nitrogens is 1. The van der Waals surface area contributed by atoms with E-state index in [1.807, 2.05) is 52.8 Å². The van der Waals surface area contributed by atoms with Crippen LogP contribution in [0.1, 0.15) is 30.6 Å². The Morgan fingerprint density at radius 3 is 2.61 bits per heavy atom. The number of fused-ring (bicyclic) bond motifs is 1. The minimum absolute atomic E-state index is 0.138. The maximum absolute atomic E-state index is 12.7. The van der Waals surface area contributed by atoms with Gasteiger partial charge in [-0.05, 0) is 42.2 Å². The number of amidine groups is 1. The zero-order chi connectivity index (χ0) is 23.4. The SMILES string of the molecule is COC(=O)C1=C(C)N=C2SC=C(CC(=O)NCc3ccccn3)N2C1c1ccc(OC)cc1. The fourth-order valence-electron chi connectivity index (χ4n) is 3.76. The Morgan fingerprint density at radius 1 is 1.15 bits per heavy atom. The Hall–Kier alpha value is -3.59. The first kappa shape index (κ1) is 22.6. The van der Waals surface area contributed by atoms with Crippen LogP contribution in [0.15, 0.2) is 76.0 Å². The number of rotatable bonds is 7. The van der Waals surface area contributed by atoms with Crippen molar-refractivity contribution in [3.05, 3.63) is 82.3 Å². The normalized spacial score (nSPS) is 17.2. The summed E-state index contributed by atoms with van der Waals surface area (Å²) in [6.07, 6.45) is 1.83. The Balaban J connectivity index is 1.60. The molecule has 0 aliphatic carbocycles. The highest BCUT2D eigenvalue weighted by Crippen LogP contribution is 2.44. The first-order valence-corrected chi connectivity index (χ1v) is 11.2. The Kier molecular flexibility index (Phi) is 6.79. The van der Waals surface area contributed by atoms with E-state index < -0.39 is 12.0 Å². The molecule has 1 amide bonds. The zero-order valence-corrected chi connectivity index (χ0v) is 19.4. The van der Waals surface area contributed by atoms with E-state index in [1.54, 1.807) is 20.2 Å². The van der Waals surface area contributed by atoms with Crippen molar-refractivity contribution in [3.63, 3.8) is 0 Å². The number of benzene rings is 1. The summed E-state index contributed by atoms with van der Waals surface area (Å²) in [5, 5.41) is 5.53. The second-order valence-corrected chi connectivity index (χ2v) is 8.27. The summed E-state index contributed by atoms with van der Waals surface area (Å²) in [4.78, 5) is 36.3. The number of methoxy groups -OCH3 is 2. The van der Waals surface area contributed by atoms with Crippen LogP contribution in [0.25, 0.3) is 0 Å². The summed E-state index contributed by atoms with van der Waals surface area (Å²) in [5.74, 6) is 0.115. The molecule has 4 rings (SSSR count). The molecule has 1 unspecified atom stereocenters. The lowest BCUT2D eigenvalue weighted by molar-refractivity contribution is -0.136. The maximum Gasteiger partial charge on any atom is 0.338 e. The molecule has 33 heavy (non-hydrogen) atoms. The van der Waals surface area contributed by atoms with Crippen LogP contribution in [-0.4, -0.2) is 41.1 Å². The van der Waals surface area contributed by atoms with Crippen LogP contribution in [0, 0.1) is 0 Å². The van der Waals surface area contributed by atoms with Crippen molar-refractivity contribution in [2.75, 3.05) is 14.2 Å². The molecule has 0 spiro atoms. The summed E-state index contributed by atoms with van der Waals surface area (Å²) in [5.41, 5.74) is 3.44. The Labute approximate surface area is 196 Å². The molecule has 0 saturated carbocycles. The second kappa shape index (κ2) is 9.91. The van der Waals surface area contributed by atoms with Gasteiger partial charge < -0.3 is 19.7 Å². The minimum atomic E-state index is -0.472. The summed E-state index contributed by atoms with van der Waals surface area (Å²) in [6.45, 7) is 2.14. The average molecular weight is 465 g/mol. The van der Waals surface area contributed by atoms with Gasteiger partial charge in [-0.25, -0.2) is 9.79 Å². The van der Waals surface area contributed by atoms with Crippen LogP contribution >= 0.6 is 11.8 Å². The quantitative estimate of drug-likeness (QED) is 0.627. The fraction of sp³-hybridized carbons (Fsp3) is 0.250. The lowest BCUT2D eigenvalue weighted by Gasteiger charge is -2.36.